The second kappa shape index (κ2) is 7.40. The van der Waals surface area contributed by atoms with Crippen molar-refractivity contribution in [3.05, 3.63) is 35.4 Å². The van der Waals surface area contributed by atoms with Crippen LogP contribution in [0.3, 0.4) is 0 Å². The molecule has 1 heterocycles. The molecule has 1 aliphatic rings. The van der Waals surface area contributed by atoms with Gasteiger partial charge in [-0.05, 0) is 23.8 Å². The maximum atomic E-state index is 11.6. The highest BCUT2D eigenvalue weighted by atomic mass is 16.7. The molecular weight excluding hydrogens is 356 g/mol. The Kier molecular flexibility index (Phi) is 5.02. The summed E-state index contributed by atoms with van der Waals surface area (Å²) in [5, 5.41) is 13.1. The fourth-order valence-corrected chi connectivity index (χ4v) is 2.93. The minimum absolute atomic E-state index is 0.0519. The number of fused-ring (bicyclic) bond motifs is 1. The van der Waals surface area contributed by atoms with Crippen molar-refractivity contribution in [2.75, 3.05) is 28.1 Å². The van der Waals surface area contributed by atoms with Gasteiger partial charge in [0.15, 0.2) is 23.0 Å². The van der Waals surface area contributed by atoms with Gasteiger partial charge in [-0.1, -0.05) is 0 Å². The monoisotopic (exact) mass is 376 g/mol. The molecule has 0 saturated heterocycles. The number of rotatable bonds is 6. The zero-order valence-corrected chi connectivity index (χ0v) is 15.1. The van der Waals surface area contributed by atoms with Gasteiger partial charge in [-0.3, -0.25) is 0 Å². The van der Waals surface area contributed by atoms with Gasteiger partial charge in [0.05, 0.1) is 27.4 Å². The largest absolute Gasteiger partial charge is 0.507 e. The van der Waals surface area contributed by atoms with Gasteiger partial charge in [0.25, 0.3) is 0 Å². The second-order valence-corrected chi connectivity index (χ2v) is 5.66. The highest BCUT2D eigenvalue weighted by Crippen LogP contribution is 2.44. The van der Waals surface area contributed by atoms with Gasteiger partial charge in [-0.15, -0.1) is 0 Å². The van der Waals surface area contributed by atoms with E-state index in [0.29, 0.717) is 39.9 Å². The lowest BCUT2D eigenvalue weighted by Crippen LogP contribution is -2.33. The molecule has 9 nitrogen and oxygen atoms in total. The molecule has 1 atom stereocenters. The van der Waals surface area contributed by atoms with Gasteiger partial charge >= 0.3 is 6.03 Å². The van der Waals surface area contributed by atoms with Crippen LogP contribution in [-0.2, 0) is 0 Å². The van der Waals surface area contributed by atoms with Crippen molar-refractivity contribution in [3.63, 3.8) is 0 Å². The molecule has 0 bridgehead atoms. The van der Waals surface area contributed by atoms with Crippen LogP contribution in [0, 0.1) is 0 Å². The van der Waals surface area contributed by atoms with E-state index in [0.717, 1.165) is 0 Å². The predicted molar refractivity (Wildman–Crippen MR) is 94.9 cm³/mol. The predicted octanol–water partition coefficient (Wildman–Crippen LogP) is 1.90. The lowest BCUT2D eigenvalue weighted by molar-refractivity contribution is 0.174. The second-order valence-electron chi connectivity index (χ2n) is 5.66. The summed E-state index contributed by atoms with van der Waals surface area (Å²) >= 11 is 0. The quantitative estimate of drug-likeness (QED) is 0.704. The van der Waals surface area contributed by atoms with Gasteiger partial charge in [0.1, 0.15) is 5.75 Å². The lowest BCUT2D eigenvalue weighted by Gasteiger charge is -2.22. The van der Waals surface area contributed by atoms with Crippen molar-refractivity contribution in [2.45, 2.75) is 6.04 Å². The van der Waals surface area contributed by atoms with Crippen LogP contribution in [0.5, 0.6) is 34.5 Å². The molecule has 9 heteroatoms. The van der Waals surface area contributed by atoms with Crippen molar-refractivity contribution in [3.8, 4) is 34.5 Å². The third-order valence-electron chi connectivity index (χ3n) is 4.14. The van der Waals surface area contributed by atoms with Gasteiger partial charge in [0.2, 0.25) is 12.5 Å². The number of carbonyl (C=O) groups is 1. The number of carbonyl (C=O) groups excluding carboxylic acids is 1. The fraction of sp³-hybridized carbons (Fsp3) is 0.278. The van der Waals surface area contributed by atoms with E-state index >= 15 is 0 Å². The van der Waals surface area contributed by atoms with Gasteiger partial charge in [0, 0.05) is 11.6 Å². The molecule has 1 aliphatic heterocycles. The molecule has 0 saturated carbocycles. The summed E-state index contributed by atoms with van der Waals surface area (Å²) in [6.45, 7) is 0.0519. The molecule has 0 radical (unpaired) electrons. The summed E-state index contributed by atoms with van der Waals surface area (Å²) in [4.78, 5) is 11.6. The van der Waals surface area contributed by atoms with Gasteiger partial charge in [-0.25, -0.2) is 4.79 Å². The normalized spacial score (nSPS) is 13.0. The van der Waals surface area contributed by atoms with E-state index in [1.54, 1.807) is 18.2 Å². The van der Waals surface area contributed by atoms with Crippen molar-refractivity contribution in [2.24, 2.45) is 5.73 Å². The van der Waals surface area contributed by atoms with Crippen molar-refractivity contribution >= 4 is 6.03 Å². The number of nitrogens with two attached hydrogens (primary N) is 1. The number of phenolic OH excluding ortho intramolecular Hbond substituents is 1. The van der Waals surface area contributed by atoms with Crippen LogP contribution < -0.4 is 34.7 Å². The molecule has 27 heavy (non-hydrogen) atoms. The van der Waals surface area contributed by atoms with Crippen LogP contribution in [0.1, 0.15) is 17.2 Å². The number of benzene rings is 2. The molecule has 0 aromatic heterocycles. The number of methoxy groups -OCH3 is 3. The summed E-state index contributed by atoms with van der Waals surface area (Å²) in [6.07, 6.45) is 0. The van der Waals surface area contributed by atoms with Crippen molar-refractivity contribution < 1.29 is 33.6 Å². The Labute approximate surface area is 155 Å². The molecule has 0 aliphatic carbocycles. The molecule has 2 aromatic carbocycles. The zero-order valence-electron chi connectivity index (χ0n) is 15.1. The van der Waals surface area contributed by atoms with E-state index in [-0.39, 0.29) is 12.5 Å². The highest BCUT2D eigenvalue weighted by molar-refractivity contribution is 5.73. The van der Waals surface area contributed by atoms with Crippen LogP contribution >= 0.6 is 0 Å². The number of ether oxygens (including phenoxy) is 5. The van der Waals surface area contributed by atoms with E-state index < -0.39 is 12.1 Å². The summed E-state index contributed by atoms with van der Waals surface area (Å²) in [7, 11) is 4.45. The van der Waals surface area contributed by atoms with Gasteiger partial charge in [-0.2, -0.15) is 0 Å². The Hall–Kier alpha value is -3.49. The highest BCUT2D eigenvalue weighted by Gasteiger charge is 2.26. The van der Waals surface area contributed by atoms with Crippen LogP contribution in [0.2, 0.25) is 0 Å². The Morgan fingerprint density at radius 1 is 1.07 bits per heavy atom. The third-order valence-corrected chi connectivity index (χ3v) is 4.14. The van der Waals surface area contributed by atoms with E-state index in [2.05, 4.69) is 5.32 Å². The van der Waals surface area contributed by atoms with Crippen LogP contribution in [0.25, 0.3) is 0 Å². The zero-order chi connectivity index (χ0) is 19.6. The third kappa shape index (κ3) is 3.43. The first kappa shape index (κ1) is 18.3. The SMILES string of the molecule is COc1cc([C@@H](NC(N)=O)c2cc3c(cc2O)OCO3)cc(OC)c1OC. The molecule has 0 fully saturated rings. The number of hydrogen-bond acceptors (Lipinski definition) is 7. The topological polar surface area (TPSA) is 122 Å². The number of phenols is 1. The van der Waals surface area contributed by atoms with Crippen LogP contribution in [0.15, 0.2) is 24.3 Å². The maximum absolute atomic E-state index is 11.6. The number of aromatic hydroxyl groups is 1. The maximum Gasteiger partial charge on any atom is 0.312 e. The fourth-order valence-electron chi connectivity index (χ4n) is 2.93. The first-order chi connectivity index (χ1) is 13.0. The number of amides is 2. The van der Waals surface area contributed by atoms with E-state index in [9.17, 15) is 9.90 Å². The first-order valence-electron chi connectivity index (χ1n) is 7.96. The average Bonchev–Trinajstić information content (AvgIpc) is 3.11. The van der Waals surface area contributed by atoms with E-state index in [4.69, 9.17) is 29.4 Å². The molecule has 2 amide bonds. The molecule has 2 aromatic rings. The van der Waals surface area contributed by atoms with Crippen molar-refractivity contribution in [1.82, 2.24) is 5.32 Å². The molecule has 3 rings (SSSR count). The Morgan fingerprint density at radius 3 is 2.19 bits per heavy atom. The van der Waals surface area contributed by atoms with E-state index in [1.807, 2.05) is 0 Å². The summed E-state index contributed by atoms with van der Waals surface area (Å²) in [6, 6.07) is 4.75. The number of primary amides is 1. The smallest absolute Gasteiger partial charge is 0.312 e. The molecule has 0 spiro atoms. The number of urea groups is 1. The minimum atomic E-state index is -0.800. The molecule has 144 valence electrons. The summed E-state index contributed by atoms with van der Waals surface area (Å²) in [5.41, 5.74) is 6.27. The van der Waals surface area contributed by atoms with Crippen LogP contribution in [-0.4, -0.2) is 39.3 Å². The summed E-state index contributed by atoms with van der Waals surface area (Å²) in [5.74, 6) is 1.96. The Morgan fingerprint density at radius 2 is 1.67 bits per heavy atom. The standard InChI is InChI=1S/C18H20N2O7/c1-23-14-4-9(5-15(24-2)17(14)25-3)16(20-18(19)22)10-6-12-13(7-11(10)21)27-8-26-12/h4-7,16,21H,8H2,1-3H3,(H3,19,20,22)/t16-/m1/s1. The molecular formula is C18H20N2O7. The van der Waals surface area contributed by atoms with Crippen molar-refractivity contribution in [1.29, 1.82) is 0 Å². The minimum Gasteiger partial charge on any atom is -0.507 e. The van der Waals surface area contributed by atoms with E-state index in [1.165, 1.54) is 27.4 Å². The first-order valence-corrected chi connectivity index (χ1v) is 7.96. The number of hydrogen-bond donors (Lipinski definition) is 3. The molecule has 0 unspecified atom stereocenters. The Bertz CT molecular complexity index is 844. The average molecular weight is 376 g/mol. The number of nitrogens with one attached hydrogen (secondary N) is 1. The lowest BCUT2D eigenvalue weighted by atomic mass is 9.96. The summed E-state index contributed by atoms with van der Waals surface area (Å²) < 4.78 is 26.7. The molecule has 4 N–H and O–H groups in total. The Balaban J connectivity index is 2.15. The van der Waals surface area contributed by atoms with Gasteiger partial charge < -0.3 is 39.8 Å². The van der Waals surface area contributed by atoms with Crippen LogP contribution in [0.4, 0.5) is 4.79 Å².